The molecule has 0 bridgehead atoms. The van der Waals surface area contributed by atoms with Gasteiger partial charge in [-0.05, 0) is 71.1 Å². The molecule has 0 spiro atoms. The zero-order valence-electron chi connectivity index (χ0n) is 23.2. The maximum Gasteiger partial charge on any atom is 0.143 e. The molecule has 9 rings (SSSR count). The highest BCUT2D eigenvalue weighted by Gasteiger charge is 2.18. The van der Waals surface area contributed by atoms with Crippen LogP contribution in [0.4, 0.5) is 17.1 Å². The van der Waals surface area contributed by atoms with Crippen molar-refractivity contribution in [2.24, 2.45) is 0 Å². The molecule has 3 heteroatoms. The number of hydrogen-bond donors (Lipinski definition) is 0. The van der Waals surface area contributed by atoms with E-state index in [4.69, 9.17) is 4.42 Å². The first-order valence-corrected chi connectivity index (χ1v) is 15.3. The van der Waals surface area contributed by atoms with Gasteiger partial charge in [0.25, 0.3) is 0 Å². The summed E-state index contributed by atoms with van der Waals surface area (Å²) in [4.78, 5) is 2.37. The zero-order chi connectivity index (χ0) is 28.3. The molecule has 202 valence electrons. The van der Waals surface area contributed by atoms with Gasteiger partial charge in [-0.1, -0.05) is 97.1 Å². The van der Waals surface area contributed by atoms with E-state index in [1.165, 1.54) is 36.7 Å². The largest absolute Gasteiger partial charge is 0.455 e. The molecule has 0 fully saturated rings. The summed E-state index contributed by atoms with van der Waals surface area (Å²) in [5.74, 6) is 0. The number of benzene rings is 7. The highest BCUT2D eigenvalue weighted by molar-refractivity contribution is 7.25. The van der Waals surface area contributed by atoms with Crippen molar-refractivity contribution in [3.63, 3.8) is 0 Å². The van der Waals surface area contributed by atoms with Crippen LogP contribution >= 0.6 is 11.3 Å². The Morgan fingerprint density at radius 1 is 0.419 bits per heavy atom. The van der Waals surface area contributed by atoms with Crippen LogP contribution in [-0.2, 0) is 0 Å². The maximum atomic E-state index is 6.46. The average Bonchev–Trinajstić information content (AvgIpc) is 3.63. The third kappa shape index (κ3) is 3.93. The molecule has 0 aliphatic heterocycles. The maximum absolute atomic E-state index is 6.46. The highest BCUT2D eigenvalue weighted by atomic mass is 32.1. The lowest BCUT2D eigenvalue weighted by atomic mass is 10.0. The van der Waals surface area contributed by atoms with Gasteiger partial charge in [0.2, 0.25) is 0 Å². The van der Waals surface area contributed by atoms with Crippen LogP contribution in [0.1, 0.15) is 0 Å². The Bertz CT molecular complexity index is 2470. The number of furan rings is 1. The fourth-order valence-electron chi connectivity index (χ4n) is 6.39. The van der Waals surface area contributed by atoms with E-state index in [1.54, 1.807) is 0 Å². The summed E-state index contributed by atoms with van der Waals surface area (Å²) in [6, 6.07) is 54.3. The molecule has 0 amide bonds. The topological polar surface area (TPSA) is 16.4 Å². The van der Waals surface area contributed by atoms with Gasteiger partial charge in [-0.15, -0.1) is 11.3 Å². The average molecular weight is 568 g/mol. The van der Waals surface area contributed by atoms with E-state index in [1.807, 2.05) is 11.3 Å². The Kier molecular flexibility index (Phi) is 5.40. The molecule has 0 saturated carbocycles. The van der Waals surface area contributed by atoms with Gasteiger partial charge < -0.3 is 9.32 Å². The molecular formula is C40H25NOS. The van der Waals surface area contributed by atoms with Gasteiger partial charge in [-0.25, -0.2) is 0 Å². The van der Waals surface area contributed by atoms with Crippen LogP contribution < -0.4 is 4.90 Å². The van der Waals surface area contributed by atoms with Gasteiger partial charge >= 0.3 is 0 Å². The second-order valence-corrected chi connectivity index (χ2v) is 12.1. The molecule has 9 aromatic rings. The third-order valence-corrected chi connectivity index (χ3v) is 9.57. The minimum absolute atomic E-state index is 0.896. The Hall–Kier alpha value is -5.38. The predicted molar refractivity (Wildman–Crippen MR) is 184 cm³/mol. The Morgan fingerprint density at radius 3 is 2.05 bits per heavy atom. The van der Waals surface area contributed by atoms with Crippen molar-refractivity contribution in [3.8, 4) is 11.1 Å². The van der Waals surface area contributed by atoms with E-state index in [-0.39, 0.29) is 0 Å². The summed E-state index contributed by atoms with van der Waals surface area (Å²) >= 11 is 1.85. The number of fused-ring (bicyclic) bond motifs is 8. The number of anilines is 3. The molecule has 0 atom stereocenters. The van der Waals surface area contributed by atoms with Crippen molar-refractivity contribution < 1.29 is 4.42 Å². The molecule has 2 aromatic heterocycles. The van der Waals surface area contributed by atoms with E-state index in [2.05, 4.69) is 157 Å². The van der Waals surface area contributed by atoms with Crippen molar-refractivity contribution in [2.75, 3.05) is 4.90 Å². The van der Waals surface area contributed by atoms with Crippen LogP contribution in [0.3, 0.4) is 0 Å². The SMILES string of the molecule is c1ccc(-c2cccc(N(c3ccc4c(c3)sc3ccccc34)c3ccc4oc5c6ccccc6ccc5c4c3)c2)cc1. The third-order valence-electron chi connectivity index (χ3n) is 8.44. The normalized spacial score (nSPS) is 11.7. The van der Waals surface area contributed by atoms with E-state index >= 15 is 0 Å². The van der Waals surface area contributed by atoms with Gasteiger partial charge in [0, 0.05) is 53.4 Å². The van der Waals surface area contributed by atoms with Gasteiger partial charge in [-0.3, -0.25) is 0 Å². The molecule has 0 radical (unpaired) electrons. The van der Waals surface area contributed by atoms with Crippen LogP contribution in [0.15, 0.2) is 156 Å². The summed E-state index contributed by atoms with van der Waals surface area (Å²) in [6.07, 6.45) is 0. The fraction of sp³-hybridized carbons (Fsp3) is 0. The Balaban J connectivity index is 1.27. The van der Waals surface area contributed by atoms with Crippen molar-refractivity contribution in [3.05, 3.63) is 152 Å². The lowest BCUT2D eigenvalue weighted by molar-refractivity contribution is 0.672. The number of rotatable bonds is 4. The summed E-state index contributed by atoms with van der Waals surface area (Å²) in [7, 11) is 0. The van der Waals surface area contributed by atoms with Crippen molar-refractivity contribution >= 4 is 81.3 Å². The van der Waals surface area contributed by atoms with Gasteiger partial charge in [-0.2, -0.15) is 0 Å². The molecule has 0 aliphatic carbocycles. The first-order chi connectivity index (χ1) is 21.3. The first kappa shape index (κ1) is 24.2. The number of thiophene rings is 1. The van der Waals surface area contributed by atoms with Crippen LogP contribution in [-0.4, -0.2) is 0 Å². The van der Waals surface area contributed by atoms with Crippen molar-refractivity contribution in [2.45, 2.75) is 0 Å². The van der Waals surface area contributed by atoms with Crippen molar-refractivity contribution in [1.29, 1.82) is 0 Å². The van der Waals surface area contributed by atoms with Crippen LogP contribution in [0.5, 0.6) is 0 Å². The summed E-state index contributed by atoms with van der Waals surface area (Å²) < 4.78 is 9.06. The molecule has 0 aliphatic rings. The summed E-state index contributed by atoms with van der Waals surface area (Å²) in [6.45, 7) is 0. The molecule has 43 heavy (non-hydrogen) atoms. The minimum atomic E-state index is 0.896. The second kappa shape index (κ2) is 9.59. The van der Waals surface area contributed by atoms with Crippen LogP contribution in [0.25, 0.3) is 64.0 Å². The van der Waals surface area contributed by atoms with E-state index in [9.17, 15) is 0 Å². The van der Waals surface area contributed by atoms with Crippen LogP contribution in [0.2, 0.25) is 0 Å². The molecule has 0 unspecified atom stereocenters. The van der Waals surface area contributed by atoms with Gasteiger partial charge in [0.15, 0.2) is 0 Å². The second-order valence-electron chi connectivity index (χ2n) is 11.0. The molecule has 2 heterocycles. The summed E-state index contributed by atoms with van der Waals surface area (Å²) in [5.41, 5.74) is 7.55. The predicted octanol–water partition coefficient (Wildman–Crippen LogP) is 12.2. The lowest BCUT2D eigenvalue weighted by Gasteiger charge is -2.26. The molecular weight excluding hydrogens is 543 g/mol. The Labute approximate surface area is 252 Å². The molecule has 7 aromatic carbocycles. The lowest BCUT2D eigenvalue weighted by Crippen LogP contribution is -2.09. The number of nitrogens with zero attached hydrogens (tertiary/aromatic N) is 1. The molecule has 0 saturated heterocycles. The smallest absolute Gasteiger partial charge is 0.143 e. The van der Waals surface area contributed by atoms with Crippen molar-refractivity contribution in [1.82, 2.24) is 0 Å². The van der Waals surface area contributed by atoms with E-state index < -0.39 is 0 Å². The van der Waals surface area contributed by atoms with E-state index in [0.717, 1.165) is 44.4 Å². The zero-order valence-corrected chi connectivity index (χ0v) is 24.0. The standard InChI is InChI=1S/C40H25NOS/c1-2-9-26(10-3-1)28-12-8-13-29(23-28)41(31-18-21-34-33-15-6-7-16-38(33)43-39(34)25-31)30-19-22-37-36(24-30)35-20-17-27-11-4-5-14-32(27)40(35)42-37/h1-25H. The molecule has 2 nitrogen and oxygen atoms in total. The van der Waals surface area contributed by atoms with Gasteiger partial charge in [0.05, 0.1) is 0 Å². The minimum Gasteiger partial charge on any atom is -0.455 e. The van der Waals surface area contributed by atoms with E-state index in [0.29, 0.717) is 0 Å². The fourth-order valence-corrected chi connectivity index (χ4v) is 7.53. The highest BCUT2D eigenvalue weighted by Crippen LogP contribution is 2.43. The Morgan fingerprint density at radius 2 is 1.12 bits per heavy atom. The molecule has 0 N–H and O–H groups in total. The summed E-state index contributed by atoms with van der Waals surface area (Å²) in [5, 5.41) is 7.18. The quantitative estimate of drug-likeness (QED) is 0.210. The van der Waals surface area contributed by atoms with Gasteiger partial charge in [0.1, 0.15) is 11.2 Å². The van der Waals surface area contributed by atoms with Crippen LogP contribution in [0, 0.1) is 0 Å². The first-order valence-electron chi connectivity index (χ1n) is 14.5. The monoisotopic (exact) mass is 567 g/mol. The number of hydrogen-bond acceptors (Lipinski definition) is 3.